The number of carbonyl (C=O) groups is 1. The predicted octanol–water partition coefficient (Wildman–Crippen LogP) is 4.46. The van der Waals surface area contributed by atoms with E-state index in [9.17, 15) is 4.79 Å². The summed E-state index contributed by atoms with van der Waals surface area (Å²) < 4.78 is 0. The minimum absolute atomic E-state index is 0.198. The molecule has 0 aromatic rings. The molecule has 0 saturated carbocycles. The molecule has 0 saturated heterocycles. The summed E-state index contributed by atoms with van der Waals surface area (Å²) in [7, 11) is 0. The lowest BCUT2D eigenvalue weighted by molar-refractivity contribution is -0.124. The van der Waals surface area contributed by atoms with Gasteiger partial charge in [0.25, 0.3) is 0 Å². The number of hydrogen-bond donors (Lipinski definition) is 0. The van der Waals surface area contributed by atoms with E-state index in [1.54, 1.807) is 0 Å². The van der Waals surface area contributed by atoms with Crippen LogP contribution in [-0.2, 0) is 4.79 Å². The molecular weight excluding hydrogens is 231 g/mol. The molecule has 3 heteroatoms. The fourth-order valence-electron chi connectivity index (χ4n) is 2.14. The molecule has 1 unspecified atom stereocenters. The third-order valence-corrected chi connectivity index (χ3v) is 3.67. The molecule has 0 amide bonds. The third kappa shape index (κ3) is 4.32. The van der Waals surface area contributed by atoms with Gasteiger partial charge < -0.3 is 0 Å². The van der Waals surface area contributed by atoms with Crippen molar-refractivity contribution in [2.24, 2.45) is 17.3 Å². The van der Waals surface area contributed by atoms with E-state index in [1.807, 2.05) is 0 Å². The number of hydrogen-bond acceptors (Lipinski definition) is 1. The number of halogens is 2. The van der Waals surface area contributed by atoms with Crippen LogP contribution in [0.5, 0.6) is 0 Å². The van der Waals surface area contributed by atoms with E-state index in [1.165, 1.54) is 0 Å². The van der Waals surface area contributed by atoms with Gasteiger partial charge in [0.05, 0.1) is 0 Å². The molecule has 1 nitrogen and oxygen atoms in total. The summed E-state index contributed by atoms with van der Waals surface area (Å²) in [4.78, 5) is 11.7. The van der Waals surface area contributed by atoms with E-state index >= 15 is 0 Å². The van der Waals surface area contributed by atoms with Crippen molar-refractivity contribution in [1.82, 2.24) is 0 Å². The summed E-state index contributed by atoms with van der Waals surface area (Å²) >= 11 is 11.5. The molecule has 0 bridgehead atoms. The highest BCUT2D eigenvalue weighted by molar-refractivity contribution is 6.64. The molecule has 0 spiro atoms. The SMILES string of the molecule is CC(C)CC(CCCCl)(C(=O)Cl)C(C)C. The van der Waals surface area contributed by atoms with Crippen LogP contribution in [0.1, 0.15) is 47.0 Å². The summed E-state index contributed by atoms with van der Waals surface area (Å²) in [6.07, 6.45) is 2.50. The van der Waals surface area contributed by atoms with Gasteiger partial charge in [-0.05, 0) is 42.7 Å². The van der Waals surface area contributed by atoms with Gasteiger partial charge >= 0.3 is 0 Å². The van der Waals surface area contributed by atoms with Crippen molar-refractivity contribution in [1.29, 1.82) is 0 Å². The number of rotatable bonds is 7. The van der Waals surface area contributed by atoms with Crippen LogP contribution < -0.4 is 0 Å². The van der Waals surface area contributed by atoms with Crippen molar-refractivity contribution in [3.8, 4) is 0 Å². The summed E-state index contributed by atoms with van der Waals surface area (Å²) in [6, 6.07) is 0. The summed E-state index contributed by atoms with van der Waals surface area (Å²) in [5.74, 6) is 1.34. The maximum absolute atomic E-state index is 11.7. The Kier molecular flexibility index (Phi) is 6.86. The Hall–Kier alpha value is 0.250. The quantitative estimate of drug-likeness (QED) is 0.483. The molecule has 0 fully saturated rings. The molecule has 0 N–H and O–H groups in total. The predicted molar refractivity (Wildman–Crippen MR) is 67.5 cm³/mol. The zero-order valence-electron chi connectivity index (χ0n) is 10.1. The van der Waals surface area contributed by atoms with Gasteiger partial charge in [-0.15, -0.1) is 11.6 Å². The summed E-state index contributed by atoms with van der Waals surface area (Å²) in [5, 5.41) is -0.198. The molecule has 0 aromatic carbocycles. The molecule has 0 radical (unpaired) electrons. The molecular formula is C12H22Cl2O. The molecule has 0 aromatic heterocycles. The van der Waals surface area contributed by atoms with Gasteiger partial charge in [-0.25, -0.2) is 0 Å². The number of alkyl halides is 1. The lowest BCUT2D eigenvalue weighted by Crippen LogP contribution is -2.35. The highest BCUT2D eigenvalue weighted by atomic mass is 35.5. The standard InChI is InChI=1S/C12H22Cl2O/c1-9(2)8-12(10(3)4,11(14)15)6-5-7-13/h9-10H,5-8H2,1-4H3. The topological polar surface area (TPSA) is 17.1 Å². The average Bonchev–Trinajstić information content (AvgIpc) is 2.10. The Morgan fingerprint density at radius 2 is 1.80 bits per heavy atom. The molecule has 0 aliphatic rings. The minimum atomic E-state index is -0.384. The normalized spacial score (nSPS) is 15.7. The molecule has 1 atom stereocenters. The Bertz CT molecular complexity index is 202. The van der Waals surface area contributed by atoms with Gasteiger partial charge in [-0.3, -0.25) is 4.79 Å². The second kappa shape index (κ2) is 6.75. The first-order valence-electron chi connectivity index (χ1n) is 5.62. The van der Waals surface area contributed by atoms with Crippen LogP contribution in [-0.4, -0.2) is 11.1 Å². The second-order valence-corrected chi connectivity index (χ2v) is 5.70. The van der Waals surface area contributed by atoms with E-state index in [2.05, 4.69) is 27.7 Å². The zero-order chi connectivity index (χ0) is 12.1. The fourth-order valence-corrected chi connectivity index (χ4v) is 2.67. The van der Waals surface area contributed by atoms with E-state index in [-0.39, 0.29) is 16.6 Å². The van der Waals surface area contributed by atoms with Crippen LogP contribution in [0.3, 0.4) is 0 Å². The first-order valence-corrected chi connectivity index (χ1v) is 6.54. The van der Waals surface area contributed by atoms with Gasteiger partial charge in [0.1, 0.15) is 0 Å². The molecule has 90 valence electrons. The van der Waals surface area contributed by atoms with Crippen molar-refractivity contribution in [2.45, 2.75) is 47.0 Å². The highest BCUT2D eigenvalue weighted by Crippen LogP contribution is 2.41. The first kappa shape index (κ1) is 15.2. The van der Waals surface area contributed by atoms with Crippen LogP contribution in [0.15, 0.2) is 0 Å². The highest BCUT2D eigenvalue weighted by Gasteiger charge is 2.40. The van der Waals surface area contributed by atoms with Gasteiger partial charge in [0.15, 0.2) is 0 Å². The van der Waals surface area contributed by atoms with Gasteiger partial charge in [-0.1, -0.05) is 27.7 Å². The van der Waals surface area contributed by atoms with Crippen molar-refractivity contribution < 1.29 is 4.79 Å². The molecule has 0 rings (SSSR count). The largest absolute Gasteiger partial charge is 0.281 e. The Morgan fingerprint density at radius 3 is 2.07 bits per heavy atom. The van der Waals surface area contributed by atoms with Crippen molar-refractivity contribution in [3.63, 3.8) is 0 Å². The minimum Gasteiger partial charge on any atom is -0.281 e. The lowest BCUT2D eigenvalue weighted by Gasteiger charge is -2.35. The maximum Gasteiger partial charge on any atom is 0.228 e. The number of carbonyl (C=O) groups excluding carboxylic acids is 1. The van der Waals surface area contributed by atoms with Gasteiger partial charge in [-0.2, -0.15) is 0 Å². The lowest BCUT2D eigenvalue weighted by atomic mass is 9.70. The Labute approximate surface area is 104 Å². The van der Waals surface area contributed by atoms with Crippen molar-refractivity contribution in [3.05, 3.63) is 0 Å². The van der Waals surface area contributed by atoms with E-state index in [0.29, 0.717) is 11.8 Å². The van der Waals surface area contributed by atoms with Gasteiger partial charge in [0, 0.05) is 11.3 Å². The maximum atomic E-state index is 11.7. The van der Waals surface area contributed by atoms with Crippen LogP contribution >= 0.6 is 23.2 Å². The average molecular weight is 253 g/mol. The van der Waals surface area contributed by atoms with E-state index in [4.69, 9.17) is 23.2 Å². The fraction of sp³-hybridized carbons (Fsp3) is 0.917. The van der Waals surface area contributed by atoms with E-state index in [0.717, 1.165) is 19.3 Å². The molecule has 0 aliphatic heterocycles. The smallest absolute Gasteiger partial charge is 0.228 e. The molecule has 0 aliphatic carbocycles. The van der Waals surface area contributed by atoms with Crippen molar-refractivity contribution in [2.75, 3.05) is 5.88 Å². The molecule has 0 heterocycles. The Balaban J connectivity index is 4.81. The monoisotopic (exact) mass is 252 g/mol. The zero-order valence-corrected chi connectivity index (χ0v) is 11.7. The molecule has 15 heavy (non-hydrogen) atoms. The first-order chi connectivity index (χ1) is 6.86. The summed E-state index contributed by atoms with van der Waals surface area (Å²) in [6.45, 7) is 8.38. The summed E-state index contributed by atoms with van der Waals surface area (Å²) in [5.41, 5.74) is -0.384. The van der Waals surface area contributed by atoms with Crippen molar-refractivity contribution >= 4 is 28.4 Å². The van der Waals surface area contributed by atoms with E-state index < -0.39 is 0 Å². The Morgan fingerprint density at radius 1 is 1.27 bits per heavy atom. The third-order valence-electron chi connectivity index (χ3n) is 3.03. The second-order valence-electron chi connectivity index (χ2n) is 4.98. The van der Waals surface area contributed by atoms with Gasteiger partial charge in [0.2, 0.25) is 5.24 Å². The van der Waals surface area contributed by atoms with Crippen LogP contribution in [0, 0.1) is 17.3 Å². The van der Waals surface area contributed by atoms with Crippen LogP contribution in [0.25, 0.3) is 0 Å². The van der Waals surface area contributed by atoms with Crippen LogP contribution in [0.2, 0.25) is 0 Å². The van der Waals surface area contributed by atoms with Crippen LogP contribution in [0.4, 0.5) is 0 Å².